The maximum atomic E-state index is 11.0. The van der Waals surface area contributed by atoms with Gasteiger partial charge in [-0.2, -0.15) is 8.42 Å². The van der Waals surface area contributed by atoms with Gasteiger partial charge in [0.05, 0.1) is 0 Å². The second kappa shape index (κ2) is 4.59. The predicted molar refractivity (Wildman–Crippen MR) is 55.4 cm³/mol. The van der Waals surface area contributed by atoms with E-state index in [9.17, 15) is 13.5 Å². The summed E-state index contributed by atoms with van der Waals surface area (Å²) in [6.45, 7) is 7.21. The zero-order chi connectivity index (χ0) is 11.6. The molecular formula is C9H20O4S. The van der Waals surface area contributed by atoms with Gasteiger partial charge in [0.2, 0.25) is 0 Å². The van der Waals surface area contributed by atoms with E-state index in [0.717, 1.165) is 0 Å². The van der Waals surface area contributed by atoms with Crippen LogP contribution in [-0.4, -0.2) is 23.0 Å². The Balaban J connectivity index is 4.87. The monoisotopic (exact) mass is 224 g/mol. The highest BCUT2D eigenvalue weighted by molar-refractivity contribution is 7.87. The van der Waals surface area contributed by atoms with E-state index in [-0.39, 0.29) is 24.7 Å². The molecule has 0 amide bonds. The first-order valence-electron chi connectivity index (χ1n) is 4.78. The third kappa shape index (κ3) is 3.94. The van der Waals surface area contributed by atoms with Crippen molar-refractivity contribution in [3.05, 3.63) is 0 Å². The summed E-state index contributed by atoms with van der Waals surface area (Å²) < 4.78 is 31.0. The lowest BCUT2D eigenvalue weighted by Crippen LogP contribution is -2.40. The van der Waals surface area contributed by atoms with Crippen molar-refractivity contribution >= 4 is 10.1 Å². The normalized spacial score (nSPS) is 14.0. The number of hydrogen-bond acceptors (Lipinski definition) is 3. The quantitative estimate of drug-likeness (QED) is 0.696. The molecule has 0 bridgehead atoms. The van der Waals surface area contributed by atoms with E-state index >= 15 is 0 Å². The fourth-order valence-corrected chi connectivity index (χ4v) is 2.66. The molecule has 0 heterocycles. The van der Waals surface area contributed by atoms with Crippen LogP contribution in [0.5, 0.6) is 0 Å². The summed E-state index contributed by atoms with van der Waals surface area (Å²) in [5.41, 5.74) is 0. The van der Waals surface area contributed by atoms with Crippen LogP contribution in [0.4, 0.5) is 0 Å². The number of aliphatic hydroxyl groups is 1. The van der Waals surface area contributed by atoms with Gasteiger partial charge in [0.1, 0.15) is 0 Å². The van der Waals surface area contributed by atoms with Crippen molar-refractivity contribution in [2.45, 2.75) is 45.5 Å². The first kappa shape index (κ1) is 13.9. The molecule has 4 nitrogen and oxygen atoms in total. The van der Waals surface area contributed by atoms with Gasteiger partial charge in [-0.25, -0.2) is 0 Å². The van der Waals surface area contributed by atoms with Crippen molar-refractivity contribution in [1.29, 1.82) is 0 Å². The Morgan fingerprint density at radius 3 is 1.50 bits per heavy atom. The van der Waals surface area contributed by atoms with Crippen LogP contribution < -0.4 is 0 Å². The molecule has 0 fully saturated rings. The molecular weight excluding hydrogens is 204 g/mol. The van der Waals surface area contributed by atoms with E-state index in [1.54, 1.807) is 27.7 Å². The van der Waals surface area contributed by atoms with E-state index in [1.165, 1.54) is 0 Å². The topological polar surface area (TPSA) is 74.6 Å². The highest BCUT2D eigenvalue weighted by atomic mass is 32.2. The van der Waals surface area contributed by atoms with Crippen LogP contribution in [-0.2, 0) is 10.1 Å². The predicted octanol–water partition coefficient (Wildman–Crippen LogP) is 1.66. The number of hydrogen-bond donors (Lipinski definition) is 2. The summed E-state index contributed by atoms with van der Waals surface area (Å²) in [5.74, 6) is 0.0290. The van der Waals surface area contributed by atoms with Crippen molar-refractivity contribution in [2.24, 2.45) is 11.8 Å². The van der Waals surface area contributed by atoms with Crippen LogP contribution in [0.3, 0.4) is 0 Å². The highest BCUT2D eigenvalue weighted by Crippen LogP contribution is 2.29. The molecule has 0 aliphatic rings. The van der Waals surface area contributed by atoms with E-state index in [4.69, 9.17) is 4.55 Å². The zero-order valence-electron chi connectivity index (χ0n) is 9.19. The lowest BCUT2D eigenvalue weighted by atomic mass is 9.97. The molecule has 0 saturated heterocycles. The molecule has 86 valence electrons. The van der Waals surface area contributed by atoms with Gasteiger partial charge < -0.3 is 5.11 Å². The molecule has 14 heavy (non-hydrogen) atoms. The summed E-state index contributed by atoms with van der Waals surface area (Å²) in [4.78, 5) is -1.99. The number of rotatable bonds is 5. The first-order chi connectivity index (χ1) is 6.08. The Kier molecular flexibility index (Phi) is 4.55. The molecule has 0 spiro atoms. The second-order valence-electron chi connectivity index (χ2n) is 4.62. The summed E-state index contributed by atoms with van der Waals surface area (Å²) in [7, 11) is -4.40. The molecule has 0 aliphatic carbocycles. The van der Waals surface area contributed by atoms with Crippen molar-refractivity contribution < 1.29 is 18.1 Å². The van der Waals surface area contributed by atoms with E-state index in [2.05, 4.69) is 0 Å². The standard InChI is InChI=1S/C9H20O4S/c1-7(2)5-9(10,6-8(3)4)14(11,12)13/h7-8,10H,5-6H2,1-4H3,(H,11,12,13). The summed E-state index contributed by atoms with van der Waals surface area (Å²) >= 11 is 0. The molecule has 0 rings (SSSR count). The fourth-order valence-electron chi connectivity index (χ4n) is 1.57. The highest BCUT2D eigenvalue weighted by Gasteiger charge is 2.41. The Morgan fingerprint density at radius 1 is 1.07 bits per heavy atom. The van der Waals surface area contributed by atoms with E-state index in [0.29, 0.717) is 0 Å². The molecule has 0 atom stereocenters. The van der Waals surface area contributed by atoms with Crippen molar-refractivity contribution in [1.82, 2.24) is 0 Å². The van der Waals surface area contributed by atoms with Gasteiger partial charge in [-0.3, -0.25) is 4.55 Å². The molecule has 0 aliphatic heterocycles. The van der Waals surface area contributed by atoms with Crippen LogP contribution in [0.2, 0.25) is 0 Å². The van der Waals surface area contributed by atoms with E-state index in [1.807, 2.05) is 0 Å². The maximum Gasteiger partial charge on any atom is 0.294 e. The van der Waals surface area contributed by atoms with Crippen LogP contribution in [0.1, 0.15) is 40.5 Å². The van der Waals surface area contributed by atoms with Crippen LogP contribution in [0, 0.1) is 11.8 Å². The average molecular weight is 224 g/mol. The van der Waals surface area contributed by atoms with Crippen molar-refractivity contribution in [3.63, 3.8) is 0 Å². The minimum atomic E-state index is -4.40. The third-order valence-electron chi connectivity index (χ3n) is 1.93. The Bertz CT molecular complexity index is 257. The summed E-state index contributed by atoms with van der Waals surface area (Å²) in [6, 6.07) is 0. The minimum Gasteiger partial charge on any atom is -0.372 e. The summed E-state index contributed by atoms with van der Waals surface area (Å²) in [6.07, 6.45) is 0.119. The average Bonchev–Trinajstić information content (AvgIpc) is 1.78. The molecule has 5 heteroatoms. The maximum absolute atomic E-state index is 11.0. The Morgan fingerprint density at radius 2 is 1.36 bits per heavy atom. The smallest absolute Gasteiger partial charge is 0.294 e. The second-order valence-corrected chi connectivity index (χ2v) is 6.33. The fraction of sp³-hybridized carbons (Fsp3) is 1.00. The van der Waals surface area contributed by atoms with Gasteiger partial charge in [0.15, 0.2) is 4.93 Å². The van der Waals surface area contributed by atoms with Crippen LogP contribution in [0.15, 0.2) is 0 Å². The third-order valence-corrected chi connectivity index (χ3v) is 3.23. The molecule has 0 saturated carbocycles. The lowest BCUT2D eigenvalue weighted by molar-refractivity contribution is 0.0693. The molecule has 0 aromatic heterocycles. The molecule has 2 N–H and O–H groups in total. The van der Waals surface area contributed by atoms with Gasteiger partial charge in [0.25, 0.3) is 10.1 Å². The zero-order valence-corrected chi connectivity index (χ0v) is 10.0. The molecule has 0 radical (unpaired) electrons. The largest absolute Gasteiger partial charge is 0.372 e. The Hall–Kier alpha value is -0.130. The van der Waals surface area contributed by atoms with E-state index < -0.39 is 15.1 Å². The first-order valence-corrected chi connectivity index (χ1v) is 6.22. The molecule has 0 aromatic carbocycles. The van der Waals surface area contributed by atoms with Gasteiger partial charge in [-0.15, -0.1) is 0 Å². The van der Waals surface area contributed by atoms with Crippen LogP contribution in [0.25, 0.3) is 0 Å². The minimum absolute atomic E-state index is 0.0145. The van der Waals surface area contributed by atoms with Gasteiger partial charge >= 0.3 is 0 Å². The van der Waals surface area contributed by atoms with Gasteiger partial charge in [0, 0.05) is 0 Å². The Labute approximate surface area is 86.1 Å². The van der Waals surface area contributed by atoms with Gasteiger partial charge in [-0.05, 0) is 24.7 Å². The van der Waals surface area contributed by atoms with Crippen molar-refractivity contribution in [2.75, 3.05) is 0 Å². The molecule has 0 unspecified atom stereocenters. The lowest BCUT2D eigenvalue weighted by Gasteiger charge is -2.28. The van der Waals surface area contributed by atoms with Crippen LogP contribution >= 0.6 is 0 Å². The van der Waals surface area contributed by atoms with Crippen molar-refractivity contribution in [3.8, 4) is 0 Å². The molecule has 0 aromatic rings. The van der Waals surface area contributed by atoms with Gasteiger partial charge in [-0.1, -0.05) is 27.7 Å². The SMILES string of the molecule is CC(C)CC(O)(CC(C)C)S(=O)(=O)O. The summed E-state index contributed by atoms with van der Waals surface area (Å²) in [5, 5.41) is 9.85.